The van der Waals surface area contributed by atoms with Crippen LogP contribution < -0.4 is 15.1 Å². The van der Waals surface area contributed by atoms with Gasteiger partial charge < -0.3 is 5.32 Å². The lowest BCUT2D eigenvalue weighted by atomic mass is 9.97. The van der Waals surface area contributed by atoms with Gasteiger partial charge in [-0.05, 0) is 49.2 Å². The highest BCUT2D eigenvalue weighted by atomic mass is 32.2. The van der Waals surface area contributed by atoms with E-state index < -0.39 is 10.0 Å². The molecule has 0 unspecified atom stereocenters. The summed E-state index contributed by atoms with van der Waals surface area (Å²) in [6, 6.07) is 17.6. The van der Waals surface area contributed by atoms with Crippen LogP contribution in [0.25, 0.3) is 10.8 Å². The van der Waals surface area contributed by atoms with Gasteiger partial charge >= 0.3 is 0 Å². The Bertz CT molecular complexity index is 1290. The molecule has 32 heavy (non-hydrogen) atoms. The van der Waals surface area contributed by atoms with Crippen LogP contribution in [0.2, 0.25) is 0 Å². The monoisotopic (exact) mass is 451 g/mol. The van der Waals surface area contributed by atoms with Gasteiger partial charge in [0.2, 0.25) is 10.0 Å². The smallest absolute Gasteiger partial charge is 0.282 e. The predicted octanol–water partition coefficient (Wildman–Crippen LogP) is 3.21. The molecule has 3 aromatic carbocycles. The molecule has 0 bridgehead atoms. The molecule has 1 saturated heterocycles. The number of nitrogens with one attached hydrogen (secondary N) is 2. The minimum atomic E-state index is -3.75. The van der Waals surface area contributed by atoms with E-state index >= 15 is 0 Å². The van der Waals surface area contributed by atoms with Gasteiger partial charge in [0.15, 0.2) is 0 Å². The van der Waals surface area contributed by atoms with Gasteiger partial charge in [0.25, 0.3) is 5.91 Å². The zero-order valence-electron chi connectivity index (χ0n) is 17.7. The Hall–Kier alpha value is -2.78. The number of amides is 1. The molecule has 0 saturated carbocycles. The maximum absolute atomic E-state index is 13.3. The van der Waals surface area contributed by atoms with Crippen molar-refractivity contribution in [1.29, 1.82) is 0 Å². The fourth-order valence-electron chi connectivity index (χ4n) is 4.45. The van der Waals surface area contributed by atoms with Crippen LogP contribution in [-0.2, 0) is 21.5 Å². The first kappa shape index (κ1) is 21.1. The van der Waals surface area contributed by atoms with Crippen LogP contribution in [-0.4, -0.2) is 33.5 Å². The number of benzene rings is 3. The minimum Gasteiger partial charge on any atom is -0.316 e. The highest BCUT2D eigenvalue weighted by Crippen LogP contribution is 2.35. The summed E-state index contributed by atoms with van der Waals surface area (Å²) in [7, 11) is -3.75. The van der Waals surface area contributed by atoms with Crippen molar-refractivity contribution in [2.75, 3.05) is 18.2 Å². The fourth-order valence-corrected chi connectivity index (χ4v) is 6.05. The van der Waals surface area contributed by atoms with Gasteiger partial charge in [-0.25, -0.2) is 13.1 Å². The lowest BCUT2D eigenvalue weighted by Crippen LogP contribution is -2.48. The second-order valence-corrected chi connectivity index (χ2v) is 10.0. The largest absolute Gasteiger partial charge is 0.316 e. The molecule has 2 aliphatic heterocycles. The summed E-state index contributed by atoms with van der Waals surface area (Å²) < 4.78 is 29.6. The van der Waals surface area contributed by atoms with Crippen LogP contribution in [0, 0.1) is 5.92 Å². The van der Waals surface area contributed by atoms with E-state index in [1.165, 1.54) is 5.06 Å². The molecule has 0 spiro atoms. The number of sulfonamides is 1. The molecule has 2 heterocycles. The summed E-state index contributed by atoms with van der Waals surface area (Å²) in [4.78, 5) is 19.1. The fraction of sp³-hybridized carbons (Fsp3) is 0.292. The maximum Gasteiger partial charge on any atom is 0.282 e. The maximum atomic E-state index is 13.3. The molecule has 8 heteroatoms. The van der Waals surface area contributed by atoms with Gasteiger partial charge in [-0.2, -0.15) is 5.06 Å². The summed E-state index contributed by atoms with van der Waals surface area (Å²) in [6.45, 7) is 3.87. The Morgan fingerprint density at radius 2 is 1.78 bits per heavy atom. The summed E-state index contributed by atoms with van der Waals surface area (Å²) in [5.41, 5.74) is 1.94. The minimum absolute atomic E-state index is 0.122. The zero-order chi connectivity index (χ0) is 22.3. The zero-order valence-corrected chi connectivity index (χ0v) is 18.6. The number of rotatable bonds is 4. The second-order valence-electron chi connectivity index (χ2n) is 8.36. The van der Waals surface area contributed by atoms with E-state index in [1.54, 1.807) is 30.3 Å². The summed E-state index contributed by atoms with van der Waals surface area (Å²) in [5, 5.41) is 5.75. The lowest BCUT2D eigenvalue weighted by molar-refractivity contribution is 0.0533. The van der Waals surface area contributed by atoms with Crippen LogP contribution in [0.5, 0.6) is 0 Å². The van der Waals surface area contributed by atoms with Gasteiger partial charge in [0, 0.05) is 22.4 Å². The third kappa shape index (κ3) is 3.69. The Labute approximate surface area is 187 Å². The van der Waals surface area contributed by atoms with Gasteiger partial charge in [-0.1, -0.05) is 49.4 Å². The number of hydrogen-bond donors (Lipinski definition) is 2. The number of carbonyl (C=O) groups is 1. The number of anilines is 1. The quantitative estimate of drug-likeness (QED) is 0.636. The van der Waals surface area contributed by atoms with E-state index in [4.69, 9.17) is 4.84 Å². The van der Waals surface area contributed by atoms with Crippen molar-refractivity contribution in [1.82, 2.24) is 10.0 Å². The van der Waals surface area contributed by atoms with Crippen molar-refractivity contribution in [2.24, 2.45) is 5.92 Å². The third-order valence-corrected chi connectivity index (χ3v) is 7.79. The molecule has 0 radical (unpaired) electrons. The summed E-state index contributed by atoms with van der Waals surface area (Å²) in [6.07, 6.45) is 0.742. The number of fused-ring (bicyclic) bond motifs is 2. The second kappa shape index (κ2) is 8.29. The number of hydroxylamine groups is 1. The Kier molecular flexibility index (Phi) is 5.46. The van der Waals surface area contributed by atoms with Crippen LogP contribution >= 0.6 is 0 Å². The topological polar surface area (TPSA) is 87.7 Å². The Morgan fingerprint density at radius 1 is 1.03 bits per heavy atom. The van der Waals surface area contributed by atoms with Crippen molar-refractivity contribution in [3.63, 3.8) is 0 Å². The molecule has 1 amide bonds. The Balaban J connectivity index is 1.55. The normalized spacial score (nSPS) is 21.5. The van der Waals surface area contributed by atoms with Crippen LogP contribution in [0.3, 0.4) is 0 Å². The first-order chi connectivity index (χ1) is 15.5. The molecule has 2 atom stereocenters. The first-order valence-electron chi connectivity index (χ1n) is 10.8. The average Bonchev–Trinajstić information content (AvgIpc) is 2.80. The number of carbonyl (C=O) groups excluding carboxylic acids is 1. The van der Waals surface area contributed by atoms with Gasteiger partial charge in [-0.3, -0.25) is 9.63 Å². The standard InChI is InChI=1S/C24H25N3O4S/c1-16-14-25-13-12-21(16)26-32(29,30)23-11-10-22(19-8-4-5-9-20(19)23)27-24(28)18-7-3-2-6-17(18)15-31-27/h2-11,16,21,25-26H,12-15H2,1H3/t16-,21+/m1/s1. The molecule has 0 aromatic heterocycles. The van der Waals surface area contributed by atoms with E-state index in [0.29, 0.717) is 22.0 Å². The molecule has 3 aromatic rings. The molecule has 2 N–H and O–H groups in total. The van der Waals surface area contributed by atoms with Gasteiger partial charge in [-0.15, -0.1) is 0 Å². The van der Waals surface area contributed by atoms with E-state index in [0.717, 1.165) is 25.1 Å². The number of nitrogens with zero attached hydrogens (tertiary/aromatic N) is 1. The molecular formula is C24H25N3O4S. The van der Waals surface area contributed by atoms with E-state index in [2.05, 4.69) is 10.0 Å². The summed E-state index contributed by atoms with van der Waals surface area (Å²) in [5.74, 6) is -0.0715. The highest BCUT2D eigenvalue weighted by molar-refractivity contribution is 7.89. The van der Waals surface area contributed by atoms with E-state index in [-0.39, 0.29) is 29.4 Å². The van der Waals surface area contributed by atoms with Crippen molar-refractivity contribution < 1.29 is 18.0 Å². The molecule has 1 fully saturated rings. The number of hydrogen-bond acceptors (Lipinski definition) is 5. The van der Waals surface area contributed by atoms with Crippen molar-refractivity contribution in [3.8, 4) is 0 Å². The molecular weight excluding hydrogens is 426 g/mol. The number of piperidine rings is 1. The van der Waals surface area contributed by atoms with Crippen LogP contribution in [0.15, 0.2) is 65.6 Å². The van der Waals surface area contributed by atoms with E-state index in [9.17, 15) is 13.2 Å². The molecule has 166 valence electrons. The predicted molar refractivity (Wildman–Crippen MR) is 123 cm³/mol. The molecule has 2 aliphatic rings. The first-order valence-corrected chi connectivity index (χ1v) is 12.2. The van der Waals surface area contributed by atoms with Crippen molar-refractivity contribution in [3.05, 3.63) is 71.8 Å². The lowest BCUT2D eigenvalue weighted by Gasteiger charge is -2.30. The van der Waals surface area contributed by atoms with Crippen molar-refractivity contribution >= 4 is 32.4 Å². The molecule has 5 rings (SSSR count). The van der Waals surface area contributed by atoms with Crippen LogP contribution in [0.4, 0.5) is 5.69 Å². The van der Waals surface area contributed by atoms with Crippen LogP contribution in [0.1, 0.15) is 29.3 Å². The average molecular weight is 452 g/mol. The summed E-state index contributed by atoms with van der Waals surface area (Å²) >= 11 is 0. The molecule has 7 nitrogen and oxygen atoms in total. The Morgan fingerprint density at radius 3 is 2.59 bits per heavy atom. The highest BCUT2D eigenvalue weighted by Gasteiger charge is 2.31. The molecule has 0 aliphatic carbocycles. The SMILES string of the molecule is C[C@@H]1CNCC[C@@H]1NS(=O)(=O)c1ccc(N2OCc3ccccc3C2=O)c2ccccc12. The van der Waals surface area contributed by atoms with Gasteiger partial charge in [0.1, 0.15) is 6.61 Å². The van der Waals surface area contributed by atoms with Gasteiger partial charge in [0.05, 0.1) is 10.6 Å². The third-order valence-electron chi connectivity index (χ3n) is 6.24. The van der Waals surface area contributed by atoms with Crippen molar-refractivity contribution in [2.45, 2.75) is 30.9 Å². The van der Waals surface area contributed by atoms with E-state index in [1.807, 2.05) is 37.3 Å².